The van der Waals surface area contributed by atoms with Crippen LogP contribution in [0.4, 0.5) is 5.82 Å². The number of hydrogen-bond acceptors (Lipinski definition) is 6. The summed E-state index contributed by atoms with van der Waals surface area (Å²) in [4.78, 5) is 14.8. The molecule has 8 heteroatoms. The van der Waals surface area contributed by atoms with Crippen molar-refractivity contribution in [3.63, 3.8) is 0 Å². The number of phenols is 1. The quantitative estimate of drug-likeness (QED) is 0.663. The van der Waals surface area contributed by atoms with E-state index in [1.54, 1.807) is 16.9 Å². The molecule has 0 saturated carbocycles. The predicted octanol–water partition coefficient (Wildman–Crippen LogP) is 2.81. The zero-order chi connectivity index (χ0) is 21.8. The van der Waals surface area contributed by atoms with E-state index in [1.807, 2.05) is 36.3 Å². The Hall–Kier alpha value is -3.26. The normalized spacial score (nSPS) is 24.6. The molecule has 6 rings (SSSR count). The van der Waals surface area contributed by atoms with Gasteiger partial charge in [0.05, 0.1) is 18.3 Å². The van der Waals surface area contributed by atoms with Crippen LogP contribution >= 0.6 is 0 Å². The first-order chi connectivity index (χ1) is 15.5. The number of piperidine rings is 2. The molecule has 2 N–H and O–H groups in total. The lowest BCUT2D eigenvalue weighted by atomic mass is 9.83. The van der Waals surface area contributed by atoms with Gasteiger partial charge in [-0.2, -0.15) is 5.10 Å². The highest BCUT2D eigenvalue weighted by Crippen LogP contribution is 2.38. The lowest BCUT2D eigenvalue weighted by molar-refractivity contribution is -0.118. The van der Waals surface area contributed by atoms with Crippen molar-refractivity contribution >= 4 is 11.7 Å². The molecule has 3 aliphatic heterocycles. The Morgan fingerprint density at radius 1 is 1.09 bits per heavy atom. The van der Waals surface area contributed by atoms with Crippen LogP contribution < -0.4 is 10.2 Å². The van der Waals surface area contributed by atoms with Gasteiger partial charge in [0.1, 0.15) is 5.75 Å². The first-order valence-corrected chi connectivity index (χ1v) is 11.3. The lowest BCUT2D eigenvalue weighted by Gasteiger charge is -2.43. The summed E-state index contributed by atoms with van der Waals surface area (Å²) in [5.41, 5.74) is 3.89. The van der Waals surface area contributed by atoms with Crippen molar-refractivity contribution in [2.75, 3.05) is 4.90 Å². The summed E-state index contributed by atoms with van der Waals surface area (Å²) in [5.74, 6) is 0.927. The van der Waals surface area contributed by atoms with Crippen molar-refractivity contribution in [3.05, 3.63) is 42.2 Å². The highest BCUT2D eigenvalue weighted by Gasteiger charge is 2.40. The van der Waals surface area contributed by atoms with Gasteiger partial charge in [0.2, 0.25) is 5.91 Å². The highest BCUT2D eigenvalue weighted by atomic mass is 16.3. The van der Waals surface area contributed by atoms with E-state index in [1.165, 1.54) is 19.3 Å². The molecule has 1 aromatic carbocycles. The summed E-state index contributed by atoms with van der Waals surface area (Å²) >= 11 is 0. The predicted molar refractivity (Wildman–Crippen MR) is 120 cm³/mol. The van der Waals surface area contributed by atoms with Crippen LogP contribution in [0.1, 0.15) is 37.7 Å². The van der Waals surface area contributed by atoms with Crippen LogP contribution in [0.2, 0.25) is 0 Å². The molecule has 2 aromatic heterocycles. The Kier molecular flexibility index (Phi) is 4.50. The molecule has 3 aromatic rings. The van der Waals surface area contributed by atoms with Crippen LogP contribution in [0.5, 0.6) is 5.75 Å². The first-order valence-electron chi connectivity index (χ1n) is 11.3. The number of aromatic hydroxyl groups is 1. The third kappa shape index (κ3) is 3.26. The number of carbonyl (C=O) groups excluding carboxylic acids is 1. The van der Waals surface area contributed by atoms with E-state index >= 15 is 0 Å². The molecule has 2 saturated heterocycles. The van der Waals surface area contributed by atoms with Crippen molar-refractivity contribution in [2.24, 2.45) is 7.05 Å². The Morgan fingerprint density at radius 3 is 2.62 bits per heavy atom. The van der Waals surface area contributed by atoms with Gasteiger partial charge in [0, 0.05) is 48.1 Å². The van der Waals surface area contributed by atoms with Gasteiger partial charge in [-0.1, -0.05) is 12.5 Å². The number of rotatable bonds is 3. The van der Waals surface area contributed by atoms with Gasteiger partial charge in [-0.25, -0.2) is 0 Å². The van der Waals surface area contributed by atoms with Gasteiger partial charge < -0.3 is 10.4 Å². The van der Waals surface area contributed by atoms with Gasteiger partial charge in [-0.15, -0.1) is 10.2 Å². The number of nitrogens with one attached hydrogen (secondary N) is 1. The molecular formula is C24H26N6O2. The molecule has 3 aliphatic rings. The SMILES string of the molecule is Cn1cc(-c2ccc(-c3cc4c(nn3)N(C3CC5CCCC(C3)N5)C(=O)C4)c(O)c2)cn1. The smallest absolute Gasteiger partial charge is 0.233 e. The Balaban J connectivity index is 1.29. The summed E-state index contributed by atoms with van der Waals surface area (Å²) in [7, 11) is 1.86. The fourth-order valence-electron chi connectivity index (χ4n) is 5.58. The standard InChI is InChI=1S/C24H26N6O2/c1-29-13-16(12-25-29)14-5-6-20(22(31)8-14)21-7-15-9-23(32)30(24(15)28-27-21)19-10-17-3-2-4-18(11-19)26-17/h5-8,12-13,17-19,26,31H,2-4,9-11H2,1H3. The maximum atomic E-state index is 12.9. The van der Waals surface area contributed by atoms with Crippen LogP contribution in [-0.2, 0) is 18.3 Å². The molecule has 2 atom stereocenters. The third-order valence-corrected chi connectivity index (χ3v) is 7.06. The fourth-order valence-corrected chi connectivity index (χ4v) is 5.58. The van der Waals surface area contributed by atoms with E-state index < -0.39 is 0 Å². The minimum atomic E-state index is 0.104. The van der Waals surface area contributed by atoms with Crippen molar-refractivity contribution < 1.29 is 9.90 Å². The average molecular weight is 431 g/mol. The Morgan fingerprint density at radius 2 is 1.91 bits per heavy atom. The number of nitrogens with zero attached hydrogens (tertiary/aromatic N) is 5. The van der Waals surface area contributed by atoms with Crippen molar-refractivity contribution in [2.45, 2.75) is 56.7 Å². The maximum Gasteiger partial charge on any atom is 0.233 e. The molecule has 1 amide bonds. The number of carbonyl (C=O) groups is 1. The molecule has 2 unspecified atom stereocenters. The van der Waals surface area contributed by atoms with E-state index in [-0.39, 0.29) is 17.7 Å². The van der Waals surface area contributed by atoms with Crippen molar-refractivity contribution in [1.29, 1.82) is 0 Å². The summed E-state index contributed by atoms with van der Waals surface area (Å²) < 4.78 is 1.73. The number of fused-ring (bicyclic) bond motifs is 3. The monoisotopic (exact) mass is 430 g/mol. The van der Waals surface area contributed by atoms with Crippen LogP contribution in [0.15, 0.2) is 36.7 Å². The summed E-state index contributed by atoms with van der Waals surface area (Å²) in [6.07, 6.45) is 9.58. The van der Waals surface area contributed by atoms with Crippen molar-refractivity contribution in [1.82, 2.24) is 25.3 Å². The average Bonchev–Trinajstić information content (AvgIpc) is 3.35. The topological polar surface area (TPSA) is 96.2 Å². The molecular weight excluding hydrogens is 404 g/mol. The van der Waals surface area contributed by atoms with Crippen LogP contribution in [0, 0.1) is 0 Å². The second-order valence-electron chi connectivity index (χ2n) is 9.27. The van der Waals surface area contributed by atoms with Crippen molar-refractivity contribution in [3.8, 4) is 28.1 Å². The Labute approximate surface area is 186 Å². The molecule has 0 radical (unpaired) electrons. The minimum Gasteiger partial charge on any atom is -0.507 e. The summed E-state index contributed by atoms with van der Waals surface area (Å²) in [6.45, 7) is 0. The first kappa shape index (κ1) is 19.4. The van der Waals surface area contributed by atoms with Gasteiger partial charge in [-0.05, 0) is 49.4 Å². The number of aromatic nitrogens is 4. The Bertz CT molecular complexity index is 1190. The minimum absolute atomic E-state index is 0.104. The van der Waals surface area contributed by atoms with E-state index in [4.69, 9.17) is 0 Å². The maximum absolute atomic E-state index is 12.9. The summed E-state index contributed by atoms with van der Waals surface area (Å²) in [5, 5.41) is 27.4. The number of amides is 1. The lowest BCUT2D eigenvalue weighted by Crippen LogP contribution is -2.55. The molecule has 2 fully saturated rings. The number of hydrogen-bond donors (Lipinski definition) is 2. The third-order valence-electron chi connectivity index (χ3n) is 7.06. The van der Waals surface area contributed by atoms with Crippen LogP contribution in [0.3, 0.4) is 0 Å². The van der Waals surface area contributed by atoms with E-state index in [9.17, 15) is 9.90 Å². The number of anilines is 1. The van der Waals surface area contributed by atoms with Gasteiger partial charge >= 0.3 is 0 Å². The highest BCUT2D eigenvalue weighted by molar-refractivity contribution is 6.01. The zero-order valence-corrected chi connectivity index (χ0v) is 18.0. The van der Waals surface area contributed by atoms with E-state index in [2.05, 4.69) is 20.6 Å². The molecule has 0 aliphatic carbocycles. The largest absolute Gasteiger partial charge is 0.507 e. The van der Waals surface area contributed by atoms with E-state index in [0.29, 0.717) is 35.6 Å². The number of benzene rings is 1. The summed E-state index contributed by atoms with van der Waals surface area (Å²) in [6, 6.07) is 8.57. The number of phenolic OH excluding ortho intramolecular Hbond substituents is 1. The second kappa shape index (κ2) is 7.41. The zero-order valence-electron chi connectivity index (χ0n) is 18.0. The van der Waals surface area contributed by atoms with Gasteiger partial charge in [-0.3, -0.25) is 14.4 Å². The second-order valence-corrected chi connectivity index (χ2v) is 9.27. The van der Waals surface area contributed by atoms with Crippen LogP contribution in [-0.4, -0.2) is 49.1 Å². The molecule has 8 nitrogen and oxygen atoms in total. The number of aryl methyl sites for hydroxylation is 1. The van der Waals surface area contributed by atoms with Gasteiger partial charge in [0.25, 0.3) is 0 Å². The molecule has 0 spiro atoms. The van der Waals surface area contributed by atoms with E-state index in [0.717, 1.165) is 29.5 Å². The van der Waals surface area contributed by atoms with Gasteiger partial charge in [0.15, 0.2) is 5.82 Å². The van der Waals surface area contributed by atoms with Crippen LogP contribution in [0.25, 0.3) is 22.4 Å². The molecule has 32 heavy (non-hydrogen) atoms. The fraction of sp³-hybridized carbons (Fsp3) is 0.417. The molecule has 164 valence electrons. The molecule has 2 bridgehead atoms. The molecule has 5 heterocycles.